The van der Waals surface area contributed by atoms with Crippen LogP contribution in [0.25, 0.3) is 0 Å². The summed E-state index contributed by atoms with van der Waals surface area (Å²) in [6.45, 7) is 4.63. The lowest BCUT2D eigenvalue weighted by Crippen LogP contribution is -2.48. The minimum absolute atomic E-state index is 0.0952. The number of carbonyl (C=O) groups is 2. The smallest absolute Gasteiger partial charge is 0.242 e. The monoisotopic (exact) mass is 484 g/mol. The largest absolute Gasteiger partial charge is 0.354 e. The SMILES string of the molecule is CCCNC(=O)C(C)N(Cc1ccc(Br)cc1)C(=O)Cc1ccc(Cl)cc1Cl. The van der Waals surface area contributed by atoms with Crippen LogP contribution in [0, 0.1) is 0 Å². The van der Waals surface area contributed by atoms with Crippen molar-refractivity contribution in [1.29, 1.82) is 0 Å². The van der Waals surface area contributed by atoms with Gasteiger partial charge in [0.25, 0.3) is 0 Å². The van der Waals surface area contributed by atoms with Crippen LogP contribution in [-0.4, -0.2) is 29.3 Å². The molecule has 2 amide bonds. The van der Waals surface area contributed by atoms with Gasteiger partial charge in [-0.3, -0.25) is 9.59 Å². The standard InChI is InChI=1S/C21H23BrCl2N2O2/c1-3-10-25-21(28)14(2)26(13-15-4-7-17(22)8-5-15)20(27)11-16-6-9-18(23)12-19(16)24/h4-9,12,14H,3,10-11,13H2,1-2H3,(H,25,28). The number of hydrogen-bond acceptors (Lipinski definition) is 2. The fourth-order valence-corrected chi connectivity index (χ4v) is 3.43. The van der Waals surface area contributed by atoms with E-state index in [1.54, 1.807) is 30.0 Å². The van der Waals surface area contributed by atoms with Gasteiger partial charge in [0, 0.05) is 27.6 Å². The van der Waals surface area contributed by atoms with Crippen LogP contribution in [0.2, 0.25) is 10.0 Å². The minimum Gasteiger partial charge on any atom is -0.354 e. The van der Waals surface area contributed by atoms with Gasteiger partial charge in [-0.1, -0.05) is 64.3 Å². The van der Waals surface area contributed by atoms with Gasteiger partial charge >= 0.3 is 0 Å². The van der Waals surface area contributed by atoms with Gasteiger partial charge in [-0.25, -0.2) is 0 Å². The molecule has 0 fully saturated rings. The Kier molecular flexibility index (Phi) is 8.80. The molecule has 1 atom stereocenters. The molecule has 4 nitrogen and oxygen atoms in total. The van der Waals surface area contributed by atoms with E-state index in [0.717, 1.165) is 16.5 Å². The van der Waals surface area contributed by atoms with Crippen molar-refractivity contribution in [2.75, 3.05) is 6.54 Å². The van der Waals surface area contributed by atoms with Crippen molar-refractivity contribution in [3.63, 3.8) is 0 Å². The van der Waals surface area contributed by atoms with Crippen molar-refractivity contribution >= 4 is 50.9 Å². The van der Waals surface area contributed by atoms with E-state index < -0.39 is 6.04 Å². The van der Waals surface area contributed by atoms with Crippen LogP contribution in [0.3, 0.4) is 0 Å². The van der Waals surface area contributed by atoms with E-state index in [0.29, 0.717) is 28.7 Å². The molecule has 28 heavy (non-hydrogen) atoms. The van der Waals surface area contributed by atoms with Gasteiger partial charge in [0.15, 0.2) is 0 Å². The molecule has 2 rings (SSSR count). The first-order chi connectivity index (χ1) is 13.3. The van der Waals surface area contributed by atoms with E-state index in [1.165, 1.54) is 0 Å². The summed E-state index contributed by atoms with van der Waals surface area (Å²) < 4.78 is 0.954. The molecule has 0 aromatic heterocycles. The maximum atomic E-state index is 13.1. The molecule has 1 N–H and O–H groups in total. The highest BCUT2D eigenvalue weighted by Gasteiger charge is 2.26. The highest BCUT2D eigenvalue weighted by Crippen LogP contribution is 2.23. The van der Waals surface area contributed by atoms with Gasteiger partial charge in [0.1, 0.15) is 6.04 Å². The summed E-state index contributed by atoms with van der Waals surface area (Å²) in [5.41, 5.74) is 1.62. The van der Waals surface area contributed by atoms with E-state index in [4.69, 9.17) is 23.2 Å². The molecule has 150 valence electrons. The normalized spacial score (nSPS) is 11.8. The molecule has 0 aliphatic heterocycles. The molecule has 0 aliphatic rings. The summed E-state index contributed by atoms with van der Waals surface area (Å²) in [6.07, 6.45) is 0.928. The van der Waals surface area contributed by atoms with Gasteiger partial charge in [0.05, 0.1) is 6.42 Å². The Morgan fingerprint density at radius 1 is 1.14 bits per heavy atom. The number of halogens is 3. The van der Waals surface area contributed by atoms with Crippen molar-refractivity contribution < 1.29 is 9.59 Å². The van der Waals surface area contributed by atoms with Gasteiger partial charge in [-0.2, -0.15) is 0 Å². The van der Waals surface area contributed by atoms with Gasteiger partial charge in [-0.15, -0.1) is 0 Å². The molecule has 0 saturated heterocycles. The second-order valence-electron chi connectivity index (χ2n) is 6.53. The number of carbonyl (C=O) groups excluding carboxylic acids is 2. The van der Waals surface area contributed by atoms with Crippen LogP contribution in [-0.2, 0) is 22.6 Å². The molecule has 1 unspecified atom stereocenters. The Bertz CT molecular complexity index is 828. The third kappa shape index (κ3) is 6.50. The fourth-order valence-electron chi connectivity index (χ4n) is 2.69. The molecule has 2 aromatic rings. The van der Waals surface area contributed by atoms with E-state index >= 15 is 0 Å². The average molecular weight is 486 g/mol. The van der Waals surface area contributed by atoms with Gasteiger partial charge < -0.3 is 10.2 Å². The van der Waals surface area contributed by atoms with E-state index in [2.05, 4.69) is 21.2 Å². The van der Waals surface area contributed by atoms with Crippen molar-refractivity contribution in [3.8, 4) is 0 Å². The predicted octanol–water partition coefficient (Wildman–Crippen LogP) is 5.24. The minimum atomic E-state index is -0.603. The molecular formula is C21H23BrCl2N2O2. The second-order valence-corrected chi connectivity index (χ2v) is 8.29. The van der Waals surface area contributed by atoms with Crippen molar-refractivity contribution in [3.05, 3.63) is 68.1 Å². The number of nitrogens with zero attached hydrogens (tertiary/aromatic N) is 1. The Hall–Kier alpha value is -1.56. The zero-order chi connectivity index (χ0) is 20.7. The summed E-state index contributed by atoms with van der Waals surface area (Å²) in [4.78, 5) is 27.2. The number of hydrogen-bond donors (Lipinski definition) is 1. The third-order valence-corrected chi connectivity index (χ3v) is 5.46. The average Bonchev–Trinajstić information content (AvgIpc) is 2.67. The lowest BCUT2D eigenvalue weighted by Gasteiger charge is -2.29. The molecule has 0 aliphatic carbocycles. The second kappa shape index (κ2) is 10.8. The summed E-state index contributed by atoms with van der Waals surface area (Å²) >= 11 is 15.6. The molecule has 2 aromatic carbocycles. The van der Waals surface area contributed by atoms with E-state index in [-0.39, 0.29) is 18.2 Å². The molecule has 0 spiro atoms. The molecule has 0 heterocycles. The Morgan fingerprint density at radius 3 is 2.43 bits per heavy atom. The number of amides is 2. The molecule has 0 radical (unpaired) electrons. The predicted molar refractivity (Wildman–Crippen MR) is 118 cm³/mol. The lowest BCUT2D eigenvalue weighted by molar-refractivity contribution is -0.140. The van der Waals surface area contributed by atoms with Crippen molar-refractivity contribution in [1.82, 2.24) is 10.2 Å². The van der Waals surface area contributed by atoms with Crippen LogP contribution in [0.4, 0.5) is 0 Å². The molecule has 0 bridgehead atoms. The number of rotatable bonds is 8. The van der Waals surface area contributed by atoms with Crippen LogP contribution in [0.15, 0.2) is 46.9 Å². The summed E-state index contributed by atoms with van der Waals surface area (Å²) in [5.74, 6) is -0.346. The summed E-state index contributed by atoms with van der Waals surface area (Å²) in [5, 5.41) is 3.81. The zero-order valence-electron chi connectivity index (χ0n) is 15.8. The van der Waals surface area contributed by atoms with Crippen LogP contribution in [0.5, 0.6) is 0 Å². The first-order valence-electron chi connectivity index (χ1n) is 9.07. The first-order valence-corrected chi connectivity index (χ1v) is 10.6. The molecular weight excluding hydrogens is 463 g/mol. The quantitative estimate of drug-likeness (QED) is 0.555. The van der Waals surface area contributed by atoms with Crippen LogP contribution >= 0.6 is 39.1 Å². The zero-order valence-corrected chi connectivity index (χ0v) is 18.9. The molecule has 0 saturated carbocycles. The van der Waals surface area contributed by atoms with Gasteiger partial charge in [-0.05, 0) is 48.7 Å². The molecule has 7 heteroatoms. The highest BCUT2D eigenvalue weighted by atomic mass is 79.9. The van der Waals surface area contributed by atoms with Gasteiger partial charge in [0.2, 0.25) is 11.8 Å². The van der Waals surface area contributed by atoms with Crippen LogP contribution in [0.1, 0.15) is 31.4 Å². The number of benzene rings is 2. The highest BCUT2D eigenvalue weighted by molar-refractivity contribution is 9.10. The summed E-state index contributed by atoms with van der Waals surface area (Å²) in [6, 6.07) is 12.1. The third-order valence-electron chi connectivity index (χ3n) is 4.34. The van der Waals surface area contributed by atoms with Crippen molar-refractivity contribution in [2.45, 2.75) is 39.3 Å². The van der Waals surface area contributed by atoms with E-state index in [9.17, 15) is 9.59 Å². The Balaban J connectivity index is 2.23. The lowest BCUT2D eigenvalue weighted by atomic mass is 10.1. The van der Waals surface area contributed by atoms with Crippen LogP contribution < -0.4 is 5.32 Å². The Morgan fingerprint density at radius 2 is 1.82 bits per heavy atom. The topological polar surface area (TPSA) is 49.4 Å². The fraction of sp³-hybridized carbons (Fsp3) is 0.333. The summed E-state index contributed by atoms with van der Waals surface area (Å²) in [7, 11) is 0. The van der Waals surface area contributed by atoms with Crippen molar-refractivity contribution in [2.24, 2.45) is 0 Å². The first kappa shape index (κ1) is 22.7. The van der Waals surface area contributed by atoms with E-state index in [1.807, 2.05) is 31.2 Å². The maximum Gasteiger partial charge on any atom is 0.242 e. The maximum absolute atomic E-state index is 13.1. The number of nitrogens with one attached hydrogen (secondary N) is 1. The Labute approximate surface area is 184 Å².